The fourth-order valence-electron chi connectivity index (χ4n) is 2.95. The molecule has 3 rings (SSSR count). The van der Waals surface area contributed by atoms with Crippen LogP contribution in [0.15, 0.2) is 48.5 Å². The number of carbonyl (C=O) groups is 2. The van der Waals surface area contributed by atoms with Gasteiger partial charge in [-0.25, -0.2) is 0 Å². The van der Waals surface area contributed by atoms with Crippen molar-refractivity contribution in [1.29, 1.82) is 0 Å². The smallest absolute Gasteiger partial charge is 0.229 e. The summed E-state index contributed by atoms with van der Waals surface area (Å²) in [5.74, 6) is 1.43. The van der Waals surface area contributed by atoms with E-state index < -0.39 is 0 Å². The summed E-state index contributed by atoms with van der Waals surface area (Å²) in [6.07, 6.45) is 0.329. The zero-order valence-electron chi connectivity index (χ0n) is 14.9. The number of rotatable bonds is 6. The summed E-state index contributed by atoms with van der Waals surface area (Å²) in [4.78, 5) is 25.0. The van der Waals surface area contributed by atoms with E-state index in [1.165, 1.54) is 6.92 Å². The van der Waals surface area contributed by atoms with Crippen molar-refractivity contribution in [3.63, 3.8) is 0 Å². The van der Waals surface area contributed by atoms with Gasteiger partial charge in [0.25, 0.3) is 0 Å². The first-order valence-electron chi connectivity index (χ1n) is 8.48. The molecule has 0 unspecified atom stereocenters. The van der Waals surface area contributed by atoms with Crippen LogP contribution in [0.5, 0.6) is 11.5 Å². The predicted molar refractivity (Wildman–Crippen MR) is 98.3 cm³/mol. The van der Waals surface area contributed by atoms with Gasteiger partial charge in [-0.2, -0.15) is 0 Å². The van der Waals surface area contributed by atoms with E-state index in [0.29, 0.717) is 19.6 Å². The normalized spacial score (nSPS) is 16.5. The standard InChI is InChI=1S/C20H22N2O4/c1-14(23)21-16-11-20(24)22(12-16)17-5-9-19(10-6-17)26-13-15-3-7-18(25-2)8-4-15/h3-10,16H,11-13H2,1-2H3,(H,21,23)/t16-/m0/s1. The maximum atomic E-state index is 12.1. The fourth-order valence-corrected chi connectivity index (χ4v) is 2.95. The molecule has 26 heavy (non-hydrogen) atoms. The minimum absolute atomic E-state index is 0.00986. The van der Waals surface area contributed by atoms with Crippen molar-refractivity contribution < 1.29 is 19.1 Å². The number of hydrogen-bond donors (Lipinski definition) is 1. The number of benzene rings is 2. The van der Waals surface area contributed by atoms with Gasteiger partial charge in [0.15, 0.2) is 0 Å². The first-order valence-corrected chi connectivity index (χ1v) is 8.48. The molecule has 1 atom stereocenters. The Kier molecular flexibility index (Phi) is 5.41. The van der Waals surface area contributed by atoms with Gasteiger partial charge in [-0.3, -0.25) is 9.59 Å². The molecule has 2 aromatic carbocycles. The molecule has 1 aliphatic rings. The molecule has 0 radical (unpaired) electrons. The summed E-state index contributed by atoms with van der Waals surface area (Å²) in [7, 11) is 1.64. The minimum atomic E-state index is -0.133. The van der Waals surface area contributed by atoms with Crippen LogP contribution in [0.2, 0.25) is 0 Å². The van der Waals surface area contributed by atoms with E-state index in [0.717, 1.165) is 22.7 Å². The Bertz CT molecular complexity index is 771. The highest BCUT2D eigenvalue weighted by Gasteiger charge is 2.30. The van der Waals surface area contributed by atoms with Crippen LogP contribution < -0.4 is 19.7 Å². The second kappa shape index (κ2) is 7.91. The molecule has 0 bridgehead atoms. The van der Waals surface area contributed by atoms with Gasteiger partial charge in [0.05, 0.1) is 13.2 Å². The lowest BCUT2D eigenvalue weighted by atomic mass is 10.2. The minimum Gasteiger partial charge on any atom is -0.497 e. The number of amides is 2. The molecule has 1 fully saturated rings. The largest absolute Gasteiger partial charge is 0.497 e. The first-order chi connectivity index (χ1) is 12.5. The summed E-state index contributed by atoms with van der Waals surface area (Å²) in [5, 5.41) is 2.79. The molecule has 2 aromatic rings. The van der Waals surface area contributed by atoms with Crippen LogP contribution in [0.1, 0.15) is 18.9 Å². The van der Waals surface area contributed by atoms with Crippen LogP contribution in [0, 0.1) is 0 Å². The van der Waals surface area contributed by atoms with E-state index in [1.54, 1.807) is 12.0 Å². The van der Waals surface area contributed by atoms with E-state index >= 15 is 0 Å². The topological polar surface area (TPSA) is 67.9 Å². The highest BCUT2D eigenvalue weighted by molar-refractivity contribution is 5.96. The maximum absolute atomic E-state index is 12.1. The van der Waals surface area contributed by atoms with Crippen LogP contribution >= 0.6 is 0 Å². The quantitative estimate of drug-likeness (QED) is 0.866. The van der Waals surface area contributed by atoms with Crippen molar-refractivity contribution in [3.8, 4) is 11.5 Å². The molecule has 1 heterocycles. The Morgan fingerprint density at radius 2 is 1.77 bits per heavy atom. The average Bonchev–Trinajstić information content (AvgIpc) is 3.00. The number of anilines is 1. The van der Waals surface area contributed by atoms with Crippen LogP contribution in [0.25, 0.3) is 0 Å². The molecule has 0 saturated carbocycles. The number of nitrogens with one attached hydrogen (secondary N) is 1. The summed E-state index contributed by atoms with van der Waals surface area (Å²) >= 11 is 0. The highest BCUT2D eigenvalue weighted by atomic mass is 16.5. The summed E-state index contributed by atoms with van der Waals surface area (Å²) in [5.41, 5.74) is 1.85. The fraction of sp³-hybridized carbons (Fsp3) is 0.300. The molecule has 1 aliphatic heterocycles. The van der Waals surface area contributed by atoms with Crippen LogP contribution in [0.3, 0.4) is 0 Å². The lowest BCUT2D eigenvalue weighted by Crippen LogP contribution is -2.35. The van der Waals surface area contributed by atoms with Crippen molar-refractivity contribution in [2.45, 2.75) is 26.0 Å². The van der Waals surface area contributed by atoms with Gasteiger partial charge >= 0.3 is 0 Å². The van der Waals surface area contributed by atoms with Crippen molar-refractivity contribution in [3.05, 3.63) is 54.1 Å². The van der Waals surface area contributed by atoms with Crippen molar-refractivity contribution >= 4 is 17.5 Å². The molecular weight excluding hydrogens is 332 g/mol. The zero-order chi connectivity index (χ0) is 18.5. The van der Waals surface area contributed by atoms with Gasteiger partial charge < -0.3 is 19.7 Å². The summed E-state index contributed by atoms with van der Waals surface area (Å²) < 4.78 is 10.9. The molecule has 1 N–H and O–H groups in total. The van der Waals surface area contributed by atoms with Gasteiger partial charge in [0.2, 0.25) is 11.8 Å². The number of methoxy groups -OCH3 is 1. The Morgan fingerprint density at radius 1 is 1.12 bits per heavy atom. The molecule has 136 valence electrons. The van der Waals surface area contributed by atoms with Crippen molar-refractivity contribution in [1.82, 2.24) is 5.32 Å². The highest BCUT2D eigenvalue weighted by Crippen LogP contribution is 2.25. The van der Waals surface area contributed by atoms with Gasteiger partial charge in [-0.15, -0.1) is 0 Å². The number of hydrogen-bond acceptors (Lipinski definition) is 4. The molecule has 0 aromatic heterocycles. The van der Waals surface area contributed by atoms with Crippen LogP contribution in [-0.4, -0.2) is 31.5 Å². The van der Waals surface area contributed by atoms with E-state index in [9.17, 15) is 9.59 Å². The third kappa shape index (κ3) is 4.33. The van der Waals surface area contributed by atoms with E-state index in [-0.39, 0.29) is 17.9 Å². The molecule has 0 spiro atoms. The number of carbonyl (C=O) groups excluding carboxylic acids is 2. The molecule has 2 amide bonds. The molecule has 0 aliphatic carbocycles. The molecular formula is C20H22N2O4. The average molecular weight is 354 g/mol. The Balaban J connectivity index is 1.58. The Labute approximate surface area is 152 Å². The van der Waals surface area contributed by atoms with E-state index in [4.69, 9.17) is 9.47 Å². The molecule has 1 saturated heterocycles. The van der Waals surface area contributed by atoms with Crippen LogP contribution in [-0.2, 0) is 16.2 Å². The van der Waals surface area contributed by atoms with E-state index in [2.05, 4.69) is 5.32 Å². The third-order valence-corrected chi connectivity index (χ3v) is 4.25. The van der Waals surface area contributed by atoms with Crippen LogP contribution in [0.4, 0.5) is 5.69 Å². The predicted octanol–water partition coefficient (Wildman–Crippen LogP) is 2.52. The van der Waals surface area contributed by atoms with E-state index in [1.807, 2.05) is 48.5 Å². The number of ether oxygens (including phenoxy) is 2. The maximum Gasteiger partial charge on any atom is 0.229 e. The third-order valence-electron chi connectivity index (χ3n) is 4.25. The Morgan fingerprint density at radius 3 is 2.38 bits per heavy atom. The van der Waals surface area contributed by atoms with Gasteiger partial charge in [0, 0.05) is 25.6 Å². The molecule has 6 nitrogen and oxygen atoms in total. The van der Waals surface area contributed by atoms with Gasteiger partial charge in [0.1, 0.15) is 18.1 Å². The SMILES string of the molecule is COc1ccc(COc2ccc(N3C[C@@H](NC(C)=O)CC3=O)cc2)cc1. The lowest BCUT2D eigenvalue weighted by molar-refractivity contribution is -0.119. The molecule has 6 heteroatoms. The zero-order valence-corrected chi connectivity index (χ0v) is 14.9. The first kappa shape index (κ1) is 17.8. The second-order valence-corrected chi connectivity index (χ2v) is 6.24. The van der Waals surface area contributed by atoms with Gasteiger partial charge in [-0.05, 0) is 42.0 Å². The lowest BCUT2D eigenvalue weighted by Gasteiger charge is -2.17. The van der Waals surface area contributed by atoms with Gasteiger partial charge in [-0.1, -0.05) is 12.1 Å². The number of nitrogens with zero attached hydrogens (tertiary/aromatic N) is 1. The second-order valence-electron chi connectivity index (χ2n) is 6.24. The van der Waals surface area contributed by atoms with Crippen molar-refractivity contribution in [2.24, 2.45) is 0 Å². The summed E-state index contributed by atoms with van der Waals surface area (Å²) in [6, 6.07) is 15.0. The van der Waals surface area contributed by atoms with Crippen molar-refractivity contribution in [2.75, 3.05) is 18.6 Å². The monoisotopic (exact) mass is 354 g/mol. The summed E-state index contributed by atoms with van der Waals surface area (Å²) in [6.45, 7) is 2.41. The Hall–Kier alpha value is -3.02.